The van der Waals surface area contributed by atoms with Gasteiger partial charge in [0.2, 0.25) is 0 Å². The van der Waals surface area contributed by atoms with Crippen LogP contribution in [0.4, 0.5) is 0 Å². The molecule has 2 unspecified atom stereocenters. The molecule has 3 heteroatoms. The summed E-state index contributed by atoms with van der Waals surface area (Å²) in [6, 6.07) is 30.6. The molecule has 0 aliphatic heterocycles. The van der Waals surface area contributed by atoms with Gasteiger partial charge in [-0.2, -0.15) is 0 Å². The number of nitrogens with zero attached hydrogens (tertiary/aromatic N) is 3. The Labute approximate surface area is 368 Å². The average Bonchev–Trinajstić information content (AvgIpc) is 3.55. The van der Waals surface area contributed by atoms with Gasteiger partial charge in [0.25, 0.3) is 0 Å². The maximum absolute atomic E-state index is 5.27. The van der Waals surface area contributed by atoms with E-state index in [1.807, 2.05) is 18.2 Å². The van der Waals surface area contributed by atoms with Gasteiger partial charge in [-0.25, -0.2) is 0 Å². The van der Waals surface area contributed by atoms with Crippen molar-refractivity contribution in [3.63, 3.8) is 0 Å². The first kappa shape index (κ1) is 42.9. The van der Waals surface area contributed by atoms with Crippen LogP contribution in [0.25, 0.3) is 33.7 Å². The Hall–Kier alpha value is -7.23. The SMILES string of the molecule is C=C/C(=C\C(=C)/C1=c2\cccc\c2=C(/c2cccc3ccccc23)C/C=C\C=C/C1C)CCN=C(/C=C(\N=C)c1ccc2c(c1)CCC=C2)C1=CC=CC(/C=C/C=C\N=C)C=C1. The molecule has 0 bridgehead atoms. The van der Waals surface area contributed by atoms with Crippen LogP contribution in [0.2, 0.25) is 0 Å². The van der Waals surface area contributed by atoms with Crippen molar-refractivity contribution in [3.8, 4) is 0 Å². The lowest BCUT2D eigenvalue weighted by atomic mass is 9.87. The van der Waals surface area contributed by atoms with E-state index in [1.54, 1.807) is 6.20 Å². The summed E-state index contributed by atoms with van der Waals surface area (Å²) in [6.07, 6.45) is 41.4. The number of allylic oxidation sites excluding steroid dienone is 18. The summed E-state index contributed by atoms with van der Waals surface area (Å²) in [5, 5.41) is 4.92. The fraction of sp³-hybridized carbons (Fsp3) is 0.136. The second kappa shape index (κ2) is 21.3. The third-order valence-electron chi connectivity index (χ3n) is 11.5. The van der Waals surface area contributed by atoms with E-state index < -0.39 is 0 Å². The number of hydrogen-bond acceptors (Lipinski definition) is 3. The van der Waals surface area contributed by atoms with Gasteiger partial charge >= 0.3 is 0 Å². The van der Waals surface area contributed by atoms with E-state index in [1.165, 1.54) is 49.0 Å². The van der Waals surface area contributed by atoms with Crippen LogP contribution >= 0.6 is 0 Å². The normalized spacial score (nSPS) is 20.9. The highest BCUT2D eigenvalue weighted by atomic mass is 14.8. The van der Waals surface area contributed by atoms with Crippen molar-refractivity contribution < 1.29 is 0 Å². The quantitative estimate of drug-likeness (QED) is 0.0899. The third-order valence-corrected chi connectivity index (χ3v) is 11.5. The van der Waals surface area contributed by atoms with Gasteiger partial charge in [-0.05, 0) is 123 Å². The number of aryl methyl sites for hydroxylation is 1. The molecule has 7 rings (SSSR count). The minimum atomic E-state index is 0.108. The third kappa shape index (κ3) is 10.6. The predicted molar refractivity (Wildman–Crippen MR) is 271 cm³/mol. The summed E-state index contributed by atoms with van der Waals surface area (Å²) in [7, 11) is 0. The topological polar surface area (TPSA) is 37.1 Å². The maximum Gasteiger partial charge on any atom is 0.0716 e. The highest BCUT2D eigenvalue weighted by Crippen LogP contribution is 2.29. The van der Waals surface area contributed by atoms with Gasteiger partial charge in [0.05, 0.1) is 11.4 Å². The molecule has 306 valence electrons. The van der Waals surface area contributed by atoms with E-state index in [9.17, 15) is 0 Å². The van der Waals surface area contributed by atoms with Crippen LogP contribution in [0.15, 0.2) is 233 Å². The first-order valence-electron chi connectivity index (χ1n) is 21.5. The molecule has 0 amide bonds. The van der Waals surface area contributed by atoms with Crippen molar-refractivity contribution in [2.75, 3.05) is 6.54 Å². The Kier molecular flexibility index (Phi) is 14.8. The second-order valence-corrected chi connectivity index (χ2v) is 15.6. The van der Waals surface area contributed by atoms with E-state index >= 15 is 0 Å². The summed E-state index contributed by atoms with van der Waals surface area (Å²) >= 11 is 0. The number of fused-ring (bicyclic) bond motifs is 3. The largest absolute Gasteiger partial charge is 0.284 e. The zero-order chi connectivity index (χ0) is 43.1. The molecule has 3 aliphatic rings. The monoisotopic (exact) mass is 805 g/mol. The summed E-state index contributed by atoms with van der Waals surface area (Å²) in [4.78, 5) is 13.6. The lowest BCUT2D eigenvalue weighted by Gasteiger charge is -2.17. The Morgan fingerprint density at radius 2 is 1.66 bits per heavy atom. The molecular formula is C59H55N3. The minimum absolute atomic E-state index is 0.108. The Morgan fingerprint density at radius 1 is 0.823 bits per heavy atom. The van der Waals surface area contributed by atoms with Crippen LogP contribution in [-0.4, -0.2) is 25.7 Å². The Balaban J connectivity index is 1.26. The van der Waals surface area contributed by atoms with Crippen LogP contribution in [0, 0.1) is 11.8 Å². The molecule has 3 nitrogen and oxygen atoms in total. The zero-order valence-corrected chi connectivity index (χ0v) is 35.8. The Morgan fingerprint density at radius 3 is 2.52 bits per heavy atom. The molecule has 0 heterocycles. The highest BCUT2D eigenvalue weighted by Gasteiger charge is 2.15. The van der Waals surface area contributed by atoms with Gasteiger partial charge in [-0.15, -0.1) is 0 Å². The first-order valence-corrected chi connectivity index (χ1v) is 21.5. The molecule has 62 heavy (non-hydrogen) atoms. The summed E-state index contributed by atoms with van der Waals surface area (Å²) in [5.41, 5.74) is 12.0. The van der Waals surface area contributed by atoms with E-state index in [0.29, 0.717) is 13.0 Å². The van der Waals surface area contributed by atoms with Gasteiger partial charge < -0.3 is 0 Å². The van der Waals surface area contributed by atoms with Crippen molar-refractivity contribution >= 4 is 52.8 Å². The maximum atomic E-state index is 5.27. The first-order chi connectivity index (χ1) is 30.5. The predicted octanol–water partition coefficient (Wildman–Crippen LogP) is 13.0. The molecular weight excluding hydrogens is 751 g/mol. The lowest BCUT2D eigenvalue weighted by Crippen LogP contribution is -2.31. The lowest BCUT2D eigenvalue weighted by molar-refractivity contribution is 0.949. The molecule has 0 N–H and O–H groups in total. The zero-order valence-electron chi connectivity index (χ0n) is 35.8. The summed E-state index contributed by atoms with van der Waals surface area (Å²) < 4.78 is 0. The van der Waals surface area contributed by atoms with E-state index in [0.717, 1.165) is 53.0 Å². The van der Waals surface area contributed by atoms with Gasteiger partial charge in [-0.1, -0.05) is 190 Å². The van der Waals surface area contributed by atoms with Crippen LogP contribution in [-0.2, 0) is 6.42 Å². The number of rotatable bonds is 14. The van der Waals surface area contributed by atoms with Gasteiger partial charge in [0.1, 0.15) is 0 Å². The van der Waals surface area contributed by atoms with Gasteiger partial charge in [0, 0.05) is 30.1 Å². The van der Waals surface area contributed by atoms with Crippen molar-refractivity contribution in [3.05, 3.63) is 251 Å². The number of aliphatic imine (C=N–C) groups is 3. The van der Waals surface area contributed by atoms with Crippen LogP contribution in [0.1, 0.15) is 48.4 Å². The molecule has 0 radical (unpaired) electrons. The molecule has 0 fully saturated rings. The molecule has 4 aromatic rings. The Bertz CT molecular complexity index is 2850. The van der Waals surface area contributed by atoms with Crippen molar-refractivity contribution in [2.45, 2.75) is 32.6 Å². The summed E-state index contributed by atoms with van der Waals surface area (Å²) in [5.74, 6) is 0.228. The second-order valence-electron chi connectivity index (χ2n) is 15.6. The van der Waals surface area contributed by atoms with E-state index in [-0.39, 0.29) is 11.8 Å². The van der Waals surface area contributed by atoms with Crippen molar-refractivity contribution in [1.82, 2.24) is 0 Å². The molecule has 2 atom stereocenters. The van der Waals surface area contributed by atoms with E-state index in [4.69, 9.17) is 11.6 Å². The number of hydrogen-bond donors (Lipinski definition) is 0. The highest BCUT2D eigenvalue weighted by molar-refractivity contribution is 6.14. The van der Waals surface area contributed by atoms with Crippen molar-refractivity contribution in [2.24, 2.45) is 26.8 Å². The van der Waals surface area contributed by atoms with E-state index in [2.05, 4.69) is 207 Å². The fourth-order valence-corrected chi connectivity index (χ4v) is 8.36. The molecule has 0 spiro atoms. The molecule has 3 aliphatic carbocycles. The summed E-state index contributed by atoms with van der Waals surface area (Å²) in [6.45, 7) is 19.3. The molecule has 0 aromatic heterocycles. The number of benzene rings is 4. The van der Waals surface area contributed by atoms with Gasteiger partial charge in [0.15, 0.2) is 0 Å². The molecule has 0 saturated carbocycles. The van der Waals surface area contributed by atoms with Crippen LogP contribution in [0.5, 0.6) is 0 Å². The standard InChI is InChI=1S/C59H55N3/c1-6-45(40-44(3)59-43(2)20-8-7-9-29-54(55-30-14-15-31-56(55)59)53-32-19-26-48-24-12-13-28-52(48)53)37-39-62-58(49-27-18-22-46(33-34-49)21-16-17-38-60-4)42-57(61-5)51-36-35-47-23-10-11-25-50(47)41-51/h6-10,12-24,26-28,30-36,38,40-43,46H,1,3-5,11,25,29,37,39H2,2H3/b9-7-,20-8-,21-16+,38-17-,45-40+,55-54+,57-42-,59-56+,62-58?. The smallest absolute Gasteiger partial charge is 0.0716 e. The average molecular weight is 806 g/mol. The van der Waals surface area contributed by atoms with Crippen LogP contribution in [0.3, 0.4) is 0 Å². The molecule has 0 saturated heterocycles. The van der Waals surface area contributed by atoms with Crippen LogP contribution < -0.4 is 10.4 Å². The fourth-order valence-electron chi connectivity index (χ4n) is 8.36. The van der Waals surface area contributed by atoms with Crippen molar-refractivity contribution in [1.29, 1.82) is 0 Å². The minimum Gasteiger partial charge on any atom is -0.284 e. The molecule has 4 aromatic carbocycles. The van der Waals surface area contributed by atoms with Gasteiger partial charge in [-0.3, -0.25) is 15.0 Å².